The predicted molar refractivity (Wildman–Crippen MR) is 81.3 cm³/mol. The zero-order valence-corrected chi connectivity index (χ0v) is 14.7. The molecule has 2 saturated carbocycles. The van der Waals surface area contributed by atoms with Crippen molar-refractivity contribution >= 4 is 8.32 Å². The molecule has 2 aliphatic carbocycles. The molecule has 0 saturated heterocycles. The average molecular weight is 269 g/mol. The summed E-state index contributed by atoms with van der Waals surface area (Å²) in [6, 6.07) is 0. The van der Waals surface area contributed by atoms with Crippen LogP contribution in [0.1, 0.15) is 60.8 Å². The van der Waals surface area contributed by atoms with Gasteiger partial charge < -0.3 is 4.43 Å². The molecule has 0 aromatic carbocycles. The summed E-state index contributed by atoms with van der Waals surface area (Å²) in [5.74, 6) is 0.886. The maximum atomic E-state index is 6.77. The molecule has 106 valence electrons. The van der Waals surface area contributed by atoms with Crippen LogP contribution in [-0.4, -0.2) is 14.4 Å². The van der Waals surface area contributed by atoms with Gasteiger partial charge in [-0.25, -0.2) is 0 Å². The highest BCUT2D eigenvalue weighted by Gasteiger charge is 2.62. The van der Waals surface area contributed by atoms with Crippen molar-refractivity contribution in [2.24, 2.45) is 16.7 Å². The summed E-state index contributed by atoms with van der Waals surface area (Å²) in [5.41, 5.74) is 0.882. The summed E-state index contributed by atoms with van der Waals surface area (Å²) in [5, 5.41) is 0.329. The van der Waals surface area contributed by atoms with Crippen LogP contribution in [0.2, 0.25) is 18.1 Å². The molecule has 0 N–H and O–H groups in total. The third-order valence-corrected chi connectivity index (χ3v) is 11.4. The van der Waals surface area contributed by atoms with E-state index in [4.69, 9.17) is 4.43 Å². The molecule has 2 fully saturated rings. The number of fused-ring (bicyclic) bond motifs is 2. The smallest absolute Gasteiger partial charge is 0.192 e. The predicted octanol–water partition coefficient (Wildman–Crippen LogP) is 5.22. The molecule has 2 rings (SSSR count). The third-order valence-electron chi connectivity index (χ3n) is 6.96. The van der Waals surface area contributed by atoms with Gasteiger partial charge >= 0.3 is 0 Å². The molecule has 0 heterocycles. The van der Waals surface area contributed by atoms with Crippen LogP contribution < -0.4 is 0 Å². The lowest BCUT2D eigenvalue weighted by Crippen LogP contribution is -2.48. The fraction of sp³-hybridized carbons (Fsp3) is 1.00. The van der Waals surface area contributed by atoms with Crippen LogP contribution >= 0.6 is 0 Å². The molecule has 0 aromatic rings. The van der Waals surface area contributed by atoms with E-state index in [0.717, 1.165) is 5.92 Å². The summed E-state index contributed by atoms with van der Waals surface area (Å²) in [6.45, 7) is 19.3. The molecule has 2 heteroatoms. The van der Waals surface area contributed by atoms with E-state index in [9.17, 15) is 0 Å². The Bertz CT molecular complexity index is 339. The van der Waals surface area contributed by atoms with Gasteiger partial charge in [0.15, 0.2) is 8.32 Å². The molecule has 18 heavy (non-hydrogen) atoms. The molecular weight excluding hydrogens is 236 g/mol. The lowest BCUT2D eigenvalue weighted by Gasteiger charge is -2.45. The summed E-state index contributed by atoms with van der Waals surface area (Å²) < 4.78 is 6.77. The largest absolute Gasteiger partial charge is 0.413 e. The van der Waals surface area contributed by atoms with E-state index in [1.54, 1.807) is 0 Å². The summed E-state index contributed by atoms with van der Waals surface area (Å²) in [6.07, 6.45) is 4.59. The molecule has 3 atom stereocenters. The van der Waals surface area contributed by atoms with Gasteiger partial charge in [-0.1, -0.05) is 41.5 Å². The Morgan fingerprint density at radius 3 is 2.00 bits per heavy atom. The van der Waals surface area contributed by atoms with Gasteiger partial charge in [0, 0.05) is 0 Å². The van der Waals surface area contributed by atoms with Gasteiger partial charge in [-0.05, 0) is 54.1 Å². The van der Waals surface area contributed by atoms with E-state index >= 15 is 0 Å². The second kappa shape index (κ2) is 3.85. The van der Waals surface area contributed by atoms with Crippen LogP contribution in [0.15, 0.2) is 0 Å². The van der Waals surface area contributed by atoms with Crippen LogP contribution in [0.25, 0.3) is 0 Å². The standard InChI is InChI=1S/C16H32OSi/c1-14(2,3)18(7,8)17-13-11-12-9-10-16(13,6)15(12,4)5/h12-13H,9-11H2,1-8H3. The second-order valence-corrected chi connectivity index (χ2v) is 13.7. The topological polar surface area (TPSA) is 9.23 Å². The van der Waals surface area contributed by atoms with E-state index in [0.29, 0.717) is 22.0 Å². The van der Waals surface area contributed by atoms with Gasteiger partial charge in [-0.3, -0.25) is 0 Å². The molecule has 0 aromatic heterocycles. The highest BCUT2D eigenvalue weighted by Crippen LogP contribution is 2.66. The van der Waals surface area contributed by atoms with E-state index in [-0.39, 0.29) is 0 Å². The van der Waals surface area contributed by atoms with Crippen molar-refractivity contribution in [1.82, 2.24) is 0 Å². The molecular formula is C16H32OSi. The minimum Gasteiger partial charge on any atom is -0.413 e. The average Bonchev–Trinajstić information content (AvgIpc) is 2.48. The molecule has 0 radical (unpaired) electrons. The van der Waals surface area contributed by atoms with Gasteiger partial charge in [-0.15, -0.1) is 0 Å². The Hall–Kier alpha value is 0.177. The molecule has 1 nitrogen and oxygen atoms in total. The van der Waals surface area contributed by atoms with Crippen molar-refractivity contribution in [2.75, 3.05) is 0 Å². The lowest BCUT2D eigenvalue weighted by atomic mass is 9.70. The SMILES string of the molecule is CC1(C)C2CCC1(C)C(O[Si](C)(C)C(C)(C)C)C2. The summed E-state index contributed by atoms with van der Waals surface area (Å²) in [4.78, 5) is 0. The van der Waals surface area contributed by atoms with Gasteiger partial charge in [0.1, 0.15) is 0 Å². The monoisotopic (exact) mass is 268 g/mol. The van der Waals surface area contributed by atoms with Gasteiger partial charge in [0.05, 0.1) is 6.10 Å². The van der Waals surface area contributed by atoms with E-state index in [1.165, 1.54) is 19.3 Å². The van der Waals surface area contributed by atoms with Crippen molar-refractivity contribution in [3.8, 4) is 0 Å². The Kier molecular flexibility index (Phi) is 3.12. The Morgan fingerprint density at radius 1 is 1.11 bits per heavy atom. The minimum atomic E-state index is -1.62. The van der Waals surface area contributed by atoms with Gasteiger partial charge in [-0.2, -0.15) is 0 Å². The molecule has 2 aliphatic rings. The molecule has 0 amide bonds. The summed E-state index contributed by atoms with van der Waals surface area (Å²) in [7, 11) is -1.62. The first-order valence-corrected chi connectivity index (χ1v) is 10.5. The van der Waals surface area contributed by atoms with Crippen molar-refractivity contribution in [3.63, 3.8) is 0 Å². The highest BCUT2D eigenvalue weighted by atomic mass is 28.4. The molecule has 2 bridgehead atoms. The minimum absolute atomic E-state index is 0.329. The Labute approximate surface area is 115 Å². The maximum Gasteiger partial charge on any atom is 0.192 e. The third kappa shape index (κ3) is 1.83. The Morgan fingerprint density at radius 2 is 1.67 bits per heavy atom. The first-order valence-electron chi connectivity index (χ1n) is 7.60. The quantitative estimate of drug-likeness (QED) is 0.624. The van der Waals surface area contributed by atoms with E-state index in [2.05, 4.69) is 54.6 Å². The maximum absolute atomic E-state index is 6.77. The van der Waals surface area contributed by atoms with E-state index in [1.807, 2.05) is 0 Å². The van der Waals surface area contributed by atoms with Crippen molar-refractivity contribution < 1.29 is 4.43 Å². The van der Waals surface area contributed by atoms with Crippen LogP contribution in [-0.2, 0) is 4.43 Å². The van der Waals surface area contributed by atoms with Crippen LogP contribution in [0.5, 0.6) is 0 Å². The van der Waals surface area contributed by atoms with Gasteiger partial charge in [0.2, 0.25) is 0 Å². The molecule has 3 unspecified atom stereocenters. The highest BCUT2D eigenvalue weighted by molar-refractivity contribution is 6.74. The number of hydrogen-bond donors (Lipinski definition) is 0. The Balaban J connectivity index is 2.19. The van der Waals surface area contributed by atoms with Crippen molar-refractivity contribution in [1.29, 1.82) is 0 Å². The molecule has 0 spiro atoms. The summed E-state index contributed by atoms with van der Waals surface area (Å²) >= 11 is 0. The van der Waals surface area contributed by atoms with Crippen LogP contribution in [0, 0.1) is 16.7 Å². The van der Waals surface area contributed by atoms with Gasteiger partial charge in [0.25, 0.3) is 0 Å². The van der Waals surface area contributed by atoms with Crippen molar-refractivity contribution in [2.45, 2.75) is 85.0 Å². The fourth-order valence-electron chi connectivity index (χ4n) is 3.84. The number of hydrogen-bond acceptors (Lipinski definition) is 1. The van der Waals surface area contributed by atoms with E-state index < -0.39 is 8.32 Å². The number of rotatable bonds is 2. The zero-order chi connectivity index (χ0) is 14.0. The first-order chi connectivity index (χ1) is 7.92. The van der Waals surface area contributed by atoms with Crippen molar-refractivity contribution in [3.05, 3.63) is 0 Å². The first kappa shape index (κ1) is 14.6. The second-order valence-electron chi connectivity index (χ2n) is 8.98. The zero-order valence-electron chi connectivity index (χ0n) is 13.7. The van der Waals surface area contributed by atoms with Crippen LogP contribution in [0.4, 0.5) is 0 Å². The van der Waals surface area contributed by atoms with Crippen LogP contribution in [0.3, 0.4) is 0 Å². The molecule has 0 aliphatic heterocycles. The fourth-order valence-corrected chi connectivity index (χ4v) is 5.26. The lowest BCUT2D eigenvalue weighted by molar-refractivity contribution is 0.0210. The normalized spacial score (nSPS) is 39.3.